The summed E-state index contributed by atoms with van der Waals surface area (Å²) in [4.78, 5) is 12.6. The molecular formula is C17H20BrN5O. The minimum absolute atomic E-state index is 0.159. The van der Waals surface area contributed by atoms with Crippen LogP contribution in [0.1, 0.15) is 42.7 Å². The Kier molecular flexibility index (Phi) is 4.99. The number of unbranched alkanes of at least 4 members (excludes halogenated alkanes) is 1. The Balaban J connectivity index is 1.81. The Bertz CT molecular complexity index is 867. The maximum absolute atomic E-state index is 12.6. The predicted molar refractivity (Wildman–Crippen MR) is 97.4 cm³/mol. The van der Waals surface area contributed by atoms with E-state index in [1.54, 1.807) is 29.2 Å². The lowest BCUT2D eigenvalue weighted by molar-refractivity contribution is 0.102. The van der Waals surface area contributed by atoms with Crippen molar-refractivity contribution < 1.29 is 4.79 Å². The van der Waals surface area contributed by atoms with Crippen molar-refractivity contribution >= 4 is 33.0 Å². The number of halogens is 1. The molecule has 7 heteroatoms. The number of rotatable bonds is 6. The van der Waals surface area contributed by atoms with Crippen LogP contribution in [-0.2, 0) is 13.0 Å². The number of fused-ring (bicyclic) bond motifs is 1. The van der Waals surface area contributed by atoms with Crippen LogP contribution in [0.5, 0.6) is 0 Å². The lowest BCUT2D eigenvalue weighted by Crippen LogP contribution is -2.14. The van der Waals surface area contributed by atoms with Crippen molar-refractivity contribution in [2.75, 3.05) is 5.32 Å². The van der Waals surface area contributed by atoms with E-state index in [2.05, 4.69) is 45.3 Å². The molecule has 3 aromatic heterocycles. The topological polar surface area (TPSA) is 64.2 Å². The van der Waals surface area contributed by atoms with E-state index in [0.717, 1.165) is 47.2 Å². The second kappa shape index (κ2) is 7.17. The molecule has 3 heterocycles. The van der Waals surface area contributed by atoms with Crippen molar-refractivity contribution in [3.8, 4) is 0 Å². The zero-order valence-electron chi connectivity index (χ0n) is 13.8. The number of hydrogen-bond donors (Lipinski definition) is 1. The highest BCUT2D eigenvalue weighted by Crippen LogP contribution is 2.20. The zero-order chi connectivity index (χ0) is 17.1. The third-order valence-corrected chi connectivity index (χ3v) is 4.60. The first kappa shape index (κ1) is 16.7. The van der Waals surface area contributed by atoms with Crippen LogP contribution in [0.15, 0.2) is 35.2 Å². The van der Waals surface area contributed by atoms with Crippen LogP contribution in [0, 0.1) is 0 Å². The van der Waals surface area contributed by atoms with Crippen LogP contribution in [-0.4, -0.2) is 25.3 Å². The van der Waals surface area contributed by atoms with Gasteiger partial charge in [-0.25, -0.2) is 4.52 Å². The van der Waals surface area contributed by atoms with Crippen molar-refractivity contribution in [1.82, 2.24) is 19.4 Å². The summed E-state index contributed by atoms with van der Waals surface area (Å²) < 4.78 is 4.57. The van der Waals surface area contributed by atoms with E-state index in [1.807, 2.05) is 10.7 Å². The van der Waals surface area contributed by atoms with E-state index >= 15 is 0 Å². The molecule has 0 spiro atoms. The number of aromatic nitrogens is 4. The summed E-state index contributed by atoms with van der Waals surface area (Å²) in [5.41, 5.74) is 3.31. The lowest BCUT2D eigenvalue weighted by Gasteiger charge is -2.09. The average molecular weight is 390 g/mol. The Labute approximate surface area is 149 Å². The fourth-order valence-electron chi connectivity index (χ4n) is 2.67. The number of hydrogen-bond acceptors (Lipinski definition) is 3. The minimum atomic E-state index is -0.159. The summed E-state index contributed by atoms with van der Waals surface area (Å²) in [6.45, 7) is 5.10. The normalized spacial score (nSPS) is 11.1. The molecule has 24 heavy (non-hydrogen) atoms. The molecule has 0 aliphatic heterocycles. The number of anilines is 1. The van der Waals surface area contributed by atoms with Crippen LogP contribution in [0.25, 0.3) is 5.52 Å². The first-order valence-corrected chi connectivity index (χ1v) is 8.92. The number of pyridine rings is 1. The van der Waals surface area contributed by atoms with Crippen molar-refractivity contribution in [3.63, 3.8) is 0 Å². The van der Waals surface area contributed by atoms with E-state index in [4.69, 9.17) is 0 Å². The smallest absolute Gasteiger partial charge is 0.257 e. The maximum Gasteiger partial charge on any atom is 0.257 e. The molecule has 0 bridgehead atoms. The van der Waals surface area contributed by atoms with Gasteiger partial charge in [-0.2, -0.15) is 10.2 Å². The third kappa shape index (κ3) is 3.21. The van der Waals surface area contributed by atoms with Gasteiger partial charge >= 0.3 is 0 Å². The molecule has 6 nitrogen and oxygen atoms in total. The molecule has 0 saturated carbocycles. The summed E-state index contributed by atoms with van der Waals surface area (Å²) in [6, 6.07) is 3.67. The summed E-state index contributed by atoms with van der Waals surface area (Å²) in [5.74, 6) is -0.159. The highest BCUT2D eigenvalue weighted by atomic mass is 79.9. The van der Waals surface area contributed by atoms with Crippen LogP contribution in [0.3, 0.4) is 0 Å². The van der Waals surface area contributed by atoms with Gasteiger partial charge in [0.2, 0.25) is 0 Å². The Morgan fingerprint density at radius 3 is 2.83 bits per heavy atom. The van der Waals surface area contributed by atoms with E-state index < -0.39 is 0 Å². The van der Waals surface area contributed by atoms with Crippen LogP contribution >= 0.6 is 15.9 Å². The van der Waals surface area contributed by atoms with Gasteiger partial charge in [0.25, 0.3) is 5.91 Å². The van der Waals surface area contributed by atoms with Crippen molar-refractivity contribution in [1.29, 1.82) is 0 Å². The number of amides is 1. The highest BCUT2D eigenvalue weighted by molar-refractivity contribution is 9.10. The molecule has 0 aliphatic carbocycles. The summed E-state index contributed by atoms with van der Waals surface area (Å²) in [6.07, 6.45) is 8.18. The summed E-state index contributed by atoms with van der Waals surface area (Å²) in [5, 5.41) is 11.6. The molecule has 0 aliphatic rings. The number of nitrogens with zero attached hydrogens (tertiary/aromatic N) is 4. The second-order valence-corrected chi connectivity index (χ2v) is 6.48. The Hall–Kier alpha value is -2.15. The van der Waals surface area contributed by atoms with Crippen molar-refractivity contribution in [2.45, 2.75) is 39.7 Å². The standard InChI is InChI=1S/C17H20BrN5O/c1-3-5-8-22-15(4-2)14(10-20-22)21-17(24)12-6-7-16-13(18)9-19-23(16)11-12/h6-7,9-11H,3-5,8H2,1-2H3,(H,21,24). The zero-order valence-corrected chi connectivity index (χ0v) is 15.4. The molecule has 0 radical (unpaired) electrons. The quantitative estimate of drug-likeness (QED) is 0.694. The van der Waals surface area contributed by atoms with Gasteiger partial charge in [0.15, 0.2) is 0 Å². The number of nitrogens with one attached hydrogen (secondary N) is 1. The molecule has 1 amide bonds. The molecule has 0 atom stereocenters. The van der Waals surface area contributed by atoms with E-state index in [-0.39, 0.29) is 5.91 Å². The summed E-state index contributed by atoms with van der Waals surface area (Å²) >= 11 is 3.43. The molecule has 1 N–H and O–H groups in total. The average Bonchev–Trinajstić information content (AvgIpc) is 3.16. The predicted octanol–water partition coefficient (Wildman–Crippen LogP) is 3.91. The second-order valence-electron chi connectivity index (χ2n) is 5.63. The number of aryl methyl sites for hydroxylation is 1. The van der Waals surface area contributed by atoms with E-state index in [0.29, 0.717) is 5.56 Å². The van der Waals surface area contributed by atoms with Crippen molar-refractivity contribution in [3.05, 3.63) is 46.5 Å². The summed E-state index contributed by atoms with van der Waals surface area (Å²) in [7, 11) is 0. The molecule has 0 saturated heterocycles. The Morgan fingerprint density at radius 2 is 2.08 bits per heavy atom. The number of carbonyl (C=O) groups excluding carboxylic acids is 1. The fraction of sp³-hybridized carbons (Fsp3) is 0.353. The van der Waals surface area contributed by atoms with Crippen LogP contribution in [0.4, 0.5) is 5.69 Å². The molecule has 0 fully saturated rings. The van der Waals surface area contributed by atoms with Crippen LogP contribution in [0.2, 0.25) is 0 Å². The van der Waals surface area contributed by atoms with Crippen LogP contribution < -0.4 is 5.32 Å². The minimum Gasteiger partial charge on any atom is -0.319 e. The largest absolute Gasteiger partial charge is 0.319 e. The monoisotopic (exact) mass is 389 g/mol. The molecule has 0 unspecified atom stereocenters. The van der Waals surface area contributed by atoms with Gasteiger partial charge < -0.3 is 5.32 Å². The van der Waals surface area contributed by atoms with Gasteiger partial charge in [-0.1, -0.05) is 20.3 Å². The fourth-order valence-corrected chi connectivity index (χ4v) is 3.08. The molecule has 0 aromatic carbocycles. The Morgan fingerprint density at radius 1 is 1.25 bits per heavy atom. The first-order valence-electron chi connectivity index (χ1n) is 8.13. The first-order chi connectivity index (χ1) is 11.6. The molecule has 3 aromatic rings. The van der Waals surface area contributed by atoms with Gasteiger partial charge in [-0.05, 0) is 40.9 Å². The van der Waals surface area contributed by atoms with Gasteiger partial charge in [0, 0.05) is 12.7 Å². The van der Waals surface area contributed by atoms with Crippen molar-refractivity contribution in [2.24, 2.45) is 0 Å². The van der Waals surface area contributed by atoms with Gasteiger partial charge in [0.1, 0.15) is 0 Å². The molecule has 126 valence electrons. The highest BCUT2D eigenvalue weighted by Gasteiger charge is 2.14. The molecular weight excluding hydrogens is 370 g/mol. The van der Waals surface area contributed by atoms with Gasteiger partial charge in [0.05, 0.1) is 39.3 Å². The molecule has 3 rings (SSSR count). The van der Waals surface area contributed by atoms with Gasteiger partial charge in [-0.15, -0.1) is 0 Å². The SMILES string of the molecule is CCCCn1ncc(NC(=O)c2ccc3c(Br)cnn3c2)c1CC. The maximum atomic E-state index is 12.6. The lowest BCUT2D eigenvalue weighted by atomic mass is 10.2. The third-order valence-electron chi connectivity index (χ3n) is 3.99. The van der Waals surface area contributed by atoms with E-state index in [9.17, 15) is 4.79 Å². The number of carbonyl (C=O) groups is 1. The van der Waals surface area contributed by atoms with E-state index in [1.165, 1.54) is 0 Å². The van der Waals surface area contributed by atoms with Gasteiger partial charge in [-0.3, -0.25) is 9.48 Å².